The van der Waals surface area contributed by atoms with E-state index in [0.717, 1.165) is 0 Å². The SMILES string of the molecule is CCOC(=O)c1cnc(SC)nc1NC(=O)Nc1ccc(F)cc1. The zero-order valence-electron chi connectivity index (χ0n) is 13.0. The van der Waals surface area contributed by atoms with Crippen LogP contribution < -0.4 is 10.6 Å². The third kappa shape index (κ3) is 4.66. The Labute approximate surface area is 142 Å². The van der Waals surface area contributed by atoms with E-state index in [-0.39, 0.29) is 18.0 Å². The van der Waals surface area contributed by atoms with Gasteiger partial charge < -0.3 is 10.1 Å². The maximum absolute atomic E-state index is 12.9. The first kappa shape index (κ1) is 17.7. The molecule has 0 radical (unpaired) electrons. The third-order valence-corrected chi connectivity index (χ3v) is 3.34. The average Bonchev–Trinajstić information content (AvgIpc) is 2.57. The average molecular weight is 350 g/mol. The predicted octanol–water partition coefficient (Wildman–Crippen LogP) is 3.16. The summed E-state index contributed by atoms with van der Waals surface area (Å²) in [5.74, 6) is -1.01. The summed E-state index contributed by atoms with van der Waals surface area (Å²) >= 11 is 1.26. The first-order valence-corrected chi connectivity index (χ1v) is 8.17. The van der Waals surface area contributed by atoms with Gasteiger partial charge in [-0.15, -0.1) is 0 Å². The molecule has 1 aromatic carbocycles. The molecule has 24 heavy (non-hydrogen) atoms. The summed E-state index contributed by atoms with van der Waals surface area (Å²) in [5, 5.41) is 5.38. The van der Waals surface area contributed by atoms with Crippen molar-refractivity contribution in [1.29, 1.82) is 0 Å². The summed E-state index contributed by atoms with van der Waals surface area (Å²) in [7, 11) is 0. The Morgan fingerprint density at radius 3 is 2.58 bits per heavy atom. The molecule has 2 N–H and O–H groups in total. The van der Waals surface area contributed by atoms with Crippen LogP contribution in [-0.4, -0.2) is 34.8 Å². The van der Waals surface area contributed by atoms with Crippen LogP contribution in [0.4, 0.5) is 20.7 Å². The standard InChI is InChI=1S/C15H15FN4O3S/c1-3-23-13(21)11-8-17-15(24-2)20-12(11)19-14(22)18-10-6-4-9(16)5-7-10/h4-8H,3H2,1-2H3,(H2,17,18,19,20,22). The number of thioether (sulfide) groups is 1. The van der Waals surface area contributed by atoms with Crippen LogP contribution in [-0.2, 0) is 4.74 Å². The minimum atomic E-state index is -0.637. The quantitative estimate of drug-likeness (QED) is 0.489. The lowest BCUT2D eigenvalue weighted by atomic mass is 10.3. The van der Waals surface area contributed by atoms with E-state index < -0.39 is 17.8 Å². The molecular formula is C15H15FN4O3S. The molecule has 0 aliphatic rings. The molecule has 2 aromatic rings. The molecule has 9 heteroatoms. The summed E-state index contributed by atoms with van der Waals surface area (Å²) < 4.78 is 17.8. The molecule has 0 aliphatic carbocycles. The number of rotatable bonds is 5. The van der Waals surface area contributed by atoms with E-state index in [4.69, 9.17) is 4.74 Å². The lowest BCUT2D eigenvalue weighted by Gasteiger charge is -2.11. The largest absolute Gasteiger partial charge is 0.462 e. The van der Waals surface area contributed by atoms with Crippen LogP contribution in [0.2, 0.25) is 0 Å². The summed E-state index contributed by atoms with van der Waals surface area (Å²) in [4.78, 5) is 32.1. The van der Waals surface area contributed by atoms with E-state index in [1.54, 1.807) is 13.2 Å². The number of benzene rings is 1. The summed E-state index contributed by atoms with van der Waals surface area (Å²) in [6, 6.07) is 4.63. The molecule has 0 saturated heterocycles. The first-order chi connectivity index (χ1) is 11.5. The van der Waals surface area contributed by atoms with Crippen molar-refractivity contribution < 1.29 is 18.7 Å². The second kappa shape index (κ2) is 8.25. The highest BCUT2D eigenvalue weighted by Gasteiger charge is 2.18. The molecule has 0 fully saturated rings. The lowest BCUT2D eigenvalue weighted by Crippen LogP contribution is -2.22. The van der Waals surface area contributed by atoms with E-state index in [1.807, 2.05) is 0 Å². The molecule has 1 aromatic heterocycles. The molecule has 1 heterocycles. The Kier molecular flexibility index (Phi) is 6.07. The van der Waals surface area contributed by atoms with Crippen LogP contribution >= 0.6 is 11.8 Å². The number of hydrogen-bond donors (Lipinski definition) is 2. The Hall–Kier alpha value is -2.68. The molecule has 7 nitrogen and oxygen atoms in total. The number of nitrogens with zero attached hydrogens (tertiary/aromatic N) is 2. The molecule has 2 rings (SSSR count). The Morgan fingerprint density at radius 2 is 1.96 bits per heavy atom. The van der Waals surface area contributed by atoms with Crippen LogP contribution in [0.3, 0.4) is 0 Å². The number of halogens is 1. The molecule has 2 amide bonds. The molecular weight excluding hydrogens is 335 g/mol. The normalized spacial score (nSPS) is 10.1. The van der Waals surface area contributed by atoms with Gasteiger partial charge in [0.05, 0.1) is 6.61 Å². The maximum Gasteiger partial charge on any atom is 0.343 e. The number of ether oxygens (including phenoxy) is 1. The van der Waals surface area contributed by atoms with Gasteiger partial charge >= 0.3 is 12.0 Å². The first-order valence-electron chi connectivity index (χ1n) is 6.95. The number of urea groups is 1. The summed E-state index contributed by atoms with van der Waals surface area (Å²) in [6.45, 7) is 1.85. The Balaban J connectivity index is 2.18. The van der Waals surface area contributed by atoms with Crippen LogP contribution in [0.15, 0.2) is 35.6 Å². The Morgan fingerprint density at radius 1 is 1.25 bits per heavy atom. The van der Waals surface area contributed by atoms with Crippen LogP contribution in [0.25, 0.3) is 0 Å². The topological polar surface area (TPSA) is 93.2 Å². The van der Waals surface area contributed by atoms with Crippen molar-refractivity contribution in [3.63, 3.8) is 0 Å². The Bertz CT molecular complexity index is 740. The van der Waals surface area contributed by atoms with Crippen molar-refractivity contribution >= 4 is 35.3 Å². The predicted molar refractivity (Wildman–Crippen MR) is 88.8 cm³/mol. The van der Waals surface area contributed by atoms with Crippen LogP contribution in [0.5, 0.6) is 0 Å². The van der Waals surface area contributed by atoms with Crippen molar-refractivity contribution in [3.05, 3.63) is 41.8 Å². The lowest BCUT2D eigenvalue weighted by molar-refractivity contribution is 0.0526. The zero-order valence-corrected chi connectivity index (χ0v) is 13.8. The second-order valence-electron chi connectivity index (χ2n) is 4.43. The van der Waals surface area contributed by atoms with Gasteiger partial charge in [0.1, 0.15) is 11.4 Å². The van der Waals surface area contributed by atoms with E-state index in [2.05, 4.69) is 20.6 Å². The smallest absolute Gasteiger partial charge is 0.343 e. The molecule has 0 bridgehead atoms. The molecule has 0 unspecified atom stereocenters. The van der Waals surface area contributed by atoms with Gasteiger partial charge in [0.2, 0.25) is 0 Å². The van der Waals surface area contributed by atoms with Crippen LogP contribution in [0, 0.1) is 5.82 Å². The van der Waals surface area contributed by atoms with Crippen molar-refractivity contribution in [3.8, 4) is 0 Å². The van der Waals surface area contributed by atoms with Gasteiger partial charge in [-0.25, -0.2) is 23.9 Å². The molecule has 0 atom stereocenters. The van der Waals surface area contributed by atoms with Gasteiger partial charge in [-0.2, -0.15) is 0 Å². The van der Waals surface area contributed by atoms with Gasteiger partial charge in [-0.3, -0.25) is 5.32 Å². The van der Waals surface area contributed by atoms with Crippen molar-refractivity contribution in [1.82, 2.24) is 9.97 Å². The van der Waals surface area contributed by atoms with Gasteiger partial charge in [0.25, 0.3) is 0 Å². The molecule has 0 aliphatic heterocycles. The fourth-order valence-corrected chi connectivity index (χ4v) is 2.06. The molecule has 126 valence electrons. The number of carbonyl (C=O) groups is 2. The van der Waals surface area contributed by atoms with Crippen molar-refractivity contribution in [2.75, 3.05) is 23.5 Å². The highest BCUT2D eigenvalue weighted by Crippen LogP contribution is 2.18. The molecule has 0 saturated carbocycles. The number of amides is 2. The minimum Gasteiger partial charge on any atom is -0.462 e. The number of nitrogens with one attached hydrogen (secondary N) is 2. The highest BCUT2D eigenvalue weighted by molar-refractivity contribution is 7.98. The van der Waals surface area contributed by atoms with E-state index in [0.29, 0.717) is 10.8 Å². The fraction of sp³-hybridized carbons (Fsp3) is 0.200. The highest BCUT2D eigenvalue weighted by atomic mass is 32.2. The van der Waals surface area contributed by atoms with Crippen molar-refractivity contribution in [2.24, 2.45) is 0 Å². The number of esters is 1. The third-order valence-electron chi connectivity index (χ3n) is 2.78. The summed E-state index contributed by atoms with van der Waals surface area (Å²) in [5.41, 5.74) is 0.439. The van der Waals surface area contributed by atoms with Gasteiger partial charge in [0.15, 0.2) is 11.0 Å². The minimum absolute atomic E-state index is 0.0346. The second-order valence-corrected chi connectivity index (χ2v) is 5.20. The van der Waals surface area contributed by atoms with Gasteiger partial charge in [-0.1, -0.05) is 11.8 Å². The van der Waals surface area contributed by atoms with E-state index in [9.17, 15) is 14.0 Å². The van der Waals surface area contributed by atoms with E-state index >= 15 is 0 Å². The van der Waals surface area contributed by atoms with Gasteiger partial charge in [0, 0.05) is 11.9 Å². The van der Waals surface area contributed by atoms with Gasteiger partial charge in [-0.05, 0) is 37.4 Å². The number of aromatic nitrogens is 2. The number of carbonyl (C=O) groups excluding carboxylic acids is 2. The summed E-state index contributed by atoms with van der Waals surface area (Å²) in [6.07, 6.45) is 3.06. The molecule has 0 spiro atoms. The number of anilines is 2. The zero-order chi connectivity index (χ0) is 17.5. The van der Waals surface area contributed by atoms with E-state index in [1.165, 1.54) is 42.2 Å². The monoisotopic (exact) mass is 350 g/mol. The maximum atomic E-state index is 12.9. The fourth-order valence-electron chi connectivity index (χ4n) is 1.72. The van der Waals surface area contributed by atoms with Crippen LogP contribution in [0.1, 0.15) is 17.3 Å². The number of hydrogen-bond acceptors (Lipinski definition) is 6. The van der Waals surface area contributed by atoms with Crippen molar-refractivity contribution in [2.45, 2.75) is 12.1 Å².